The summed E-state index contributed by atoms with van der Waals surface area (Å²) in [5, 5.41) is 13.1. The Morgan fingerprint density at radius 3 is 2.76 bits per heavy atom. The van der Waals surface area contributed by atoms with E-state index in [4.69, 9.17) is 4.42 Å². The van der Waals surface area contributed by atoms with Crippen molar-refractivity contribution in [2.45, 2.75) is 13.5 Å². The van der Waals surface area contributed by atoms with Crippen molar-refractivity contribution in [3.05, 3.63) is 68.4 Å². The minimum absolute atomic E-state index is 0.00600. The van der Waals surface area contributed by atoms with Crippen LogP contribution in [0.4, 0.5) is 15.8 Å². The average Bonchev–Trinajstić information content (AvgIpc) is 2.85. The summed E-state index contributed by atoms with van der Waals surface area (Å²) < 4.78 is 19.7. The molecule has 0 bridgehead atoms. The van der Waals surface area contributed by atoms with Crippen molar-refractivity contribution in [1.82, 2.24) is 4.57 Å². The van der Waals surface area contributed by atoms with E-state index in [-0.39, 0.29) is 22.5 Å². The van der Waals surface area contributed by atoms with Gasteiger partial charge in [-0.2, -0.15) is 0 Å². The number of benzene rings is 2. The average molecular weight is 345 g/mol. The highest BCUT2D eigenvalue weighted by Gasteiger charge is 2.16. The maximum atomic E-state index is 13.8. The smallest absolute Gasteiger partial charge is 0.407 e. The molecule has 0 spiro atoms. The number of amides is 1. The van der Waals surface area contributed by atoms with Crippen molar-refractivity contribution in [3.8, 4) is 0 Å². The molecule has 0 saturated carbocycles. The molecule has 1 N–H and O–H groups in total. The number of halogens is 1. The van der Waals surface area contributed by atoms with Crippen molar-refractivity contribution in [1.29, 1.82) is 0 Å². The van der Waals surface area contributed by atoms with Crippen LogP contribution in [0.3, 0.4) is 0 Å². The number of fused-ring (bicyclic) bond motifs is 1. The van der Waals surface area contributed by atoms with Crippen LogP contribution in [0.2, 0.25) is 0 Å². The molecular formula is C16H12FN3O5. The highest BCUT2D eigenvalue weighted by molar-refractivity contribution is 5.91. The number of oxazole rings is 1. The number of nitro benzene ring substituents is 1. The lowest BCUT2D eigenvalue weighted by molar-refractivity contribution is -0.384. The summed E-state index contributed by atoms with van der Waals surface area (Å²) in [5.74, 6) is -2.06. The zero-order valence-electron chi connectivity index (χ0n) is 13.0. The second kappa shape index (κ2) is 6.19. The molecule has 3 aromatic rings. The van der Waals surface area contributed by atoms with Gasteiger partial charge in [0.05, 0.1) is 22.2 Å². The number of non-ortho nitro benzene ring substituents is 1. The first-order chi connectivity index (χ1) is 11.8. The molecular weight excluding hydrogens is 333 g/mol. The Morgan fingerprint density at radius 2 is 2.08 bits per heavy atom. The zero-order valence-corrected chi connectivity index (χ0v) is 13.0. The van der Waals surface area contributed by atoms with E-state index in [1.807, 2.05) is 0 Å². The second-order valence-electron chi connectivity index (χ2n) is 5.39. The predicted octanol–water partition coefficient (Wildman–Crippen LogP) is 2.59. The van der Waals surface area contributed by atoms with Gasteiger partial charge >= 0.3 is 5.76 Å². The Labute approximate surface area is 139 Å². The molecule has 2 aromatic carbocycles. The topological polar surface area (TPSA) is 107 Å². The molecule has 9 heteroatoms. The van der Waals surface area contributed by atoms with Crippen LogP contribution in [0, 0.1) is 22.9 Å². The summed E-state index contributed by atoms with van der Waals surface area (Å²) in [5.41, 5.74) is 0.685. The number of nitro groups is 1. The normalized spacial score (nSPS) is 10.8. The van der Waals surface area contributed by atoms with E-state index in [1.165, 1.54) is 24.3 Å². The molecule has 0 atom stereocenters. The second-order valence-corrected chi connectivity index (χ2v) is 5.39. The van der Waals surface area contributed by atoms with Crippen LogP contribution in [-0.2, 0) is 11.3 Å². The first kappa shape index (κ1) is 16.4. The van der Waals surface area contributed by atoms with Crippen molar-refractivity contribution < 1.29 is 18.5 Å². The third-order valence-electron chi connectivity index (χ3n) is 3.56. The number of rotatable bonds is 4. The fourth-order valence-corrected chi connectivity index (χ4v) is 2.37. The largest absolute Gasteiger partial charge is 0.420 e. The van der Waals surface area contributed by atoms with Crippen LogP contribution in [0.5, 0.6) is 0 Å². The maximum absolute atomic E-state index is 13.8. The molecule has 0 saturated heterocycles. The standard InChI is InChI=1S/C16H12FN3O5/c1-9-2-4-12(11(17)6-9)18-15(21)8-19-13-5-3-10(20(23)24)7-14(13)25-16(19)22/h2-7H,8H2,1H3,(H,18,21). The molecule has 128 valence electrons. The molecule has 0 unspecified atom stereocenters. The zero-order chi connectivity index (χ0) is 18.1. The minimum atomic E-state index is -0.838. The molecule has 0 aliphatic rings. The first-order valence-corrected chi connectivity index (χ1v) is 7.19. The van der Waals surface area contributed by atoms with Crippen molar-refractivity contribution in [2.24, 2.45) is 0 Å². The van der Waals surface area contributed by atoms with Gasteiger partial charge < -0.3 is 9.73 Å². The van der Waals surface area contributed by atoms with Gasteiger partial charge in [0.25, 0.3) is 5.69 Å². The Hall–Kier alpha value is -3.49. The van der Waals surface area contributed by atoms with Gasteiger partial charge in [-0.05, 0) is 30.7 Å². The summed E-state index contributed by atoms with van der Waals surface area (Å²) in [6.45, 7) is 1.29. The van der Waals surface area contributed by atoms with Gasteiger partial charge in [0.15, 0.2) is 5.58 Å². The van der Waals surface area contributed by atoms with E-state index in [1.54, 1.807) is 13.0 Å². The molecule has 25 heavy (non-hydrogen) atoms. The first-order valence-electron chi connectivity index (χ1n) is 7.19. The molecule has 0 fully saturated rings. The predicted molar refractivity (Wildman–Crippen MR) is 86.9 cm³/mol. The van der Waals surface area contributed by atoms with E-state index in [9.17, 15) is 24.1 Å². The van der Waals surface area contributed by atoms with Crippen LogP contribution in [0.15, 0.2) is 45.6 Å². The Morgan fingerprint density at radius 1 is 1.32 bits per heavy atom. The van der Waals surface area contributed by atoms with Gasteiger partial charge in [-0.1, -0.05) is 6.07 Å². The molecule has 3 rings (SSSR count). The Bertz CT molecular complexity index is 1050. The number of hydrogen-bond donors (Lipinski definition) is 1. The van der Waals surface area contributed by atoms with Crippen LogP contribution >= 0.6 is 0 Å². The van der Waals surface area contributed by atoms with Crippen molar-refractivity contribution >= 4 is 28.4 Å². The van der Waals surface area contributed by atoms with Gasteiger partial charge in [-0.25, -0.2) is 9.18 Å². The highest BCUT2D eigenvalue weighted by atomic mass is 19.1. The molecule has 0 aliphatic heterocycles. The number of nitrogens with zero attached hydrogens (tertiary/aromatic N) is 2. The maximum Gasteiger partial charge on any atom is 0.420 e. The lowest BCUT2D eigenvalue weighted by atomic mass is 10.2. The van der Waals surface area contributed by atoms with Crippen LogP contribution in [0.1, 0.15) is 5.56 Å². The monoisotopic (exact) mass is 345 g/mol. The molecule has 1 aromatic heterocycles. The fourth-order valence-electron chi connectivity index (χ4n) is 2.37. The number of hydrogen-bond acceptors (Lipinski definition) is 5. The minimum Gasteiger partial charge on any atom is -0.407 e. The lowest BCUT2D eigenvalue weighted by Gasteiger charge is -2.07. The number of carbonyl (C=O) groups is 1. The molecule has 8 nitrogen and oxygen atoms in total. The molecule has 0 aliphatic carbocycles. The fraction of sp³-hybridized carbons (Fsp3) is 0.125. The van der Waals surface area contributed by atoms with Gasteiger partial charge in [0.2, 0.25) is 5.91 Å². The summed E-state index contributed by atoms with van der Waals surface area (Å²) in [7, 11) is 0. The van der Waals surface area contributed by atoms with Gasteiger partial charge in [0, 0.05) is 6.07 Å². The number of aryl methyl sites for hydroxylation is 1. The highest BCUT2D eigenvalue weighted by Crippen LogP contribution is 2.20. The van der Waals surface area contributed by atoms with E-state index in [0.717, 1.165) is 10.6 Å². The molecule has 1 heterocycles. The number of carbonyl (C=O) groups excluding carboxylic acids is 1. The van der Waals surface area contributed by atoms with Gasteiger partial charge in [0.1, 0.15) is 12.4 Å². The summed E-state index contributed by atoms with van der Waals surface area (Å²) in [6, 6.07) is 7.95. The van der Waals surface area contributed by atoms with E-state index < -0.39 is 28.9 Å². The van der Waals surface area contributed by atoms with E-state index in [2.05, 4.69) is 5.32 Å². The molecule has 1 amide bonds. The number of aromatic nitrogens is 1. The van der Waals surface area contributed by atoms with E-state index >= 15 is 0 Å². The Balaban J connectivity index is 1.87. The van der Waals surface area contributed by atoms with Crippen molar-refractivity contribution in [2.75, 3.05) is 5.32 Å². The third kappa shape index (κ3) is 3.25. The number of anilines is 1. The quantitative estimate of drug-likeness (QED) is 0.578. The third-order valence-corrected chi connectivity index (χ3v) is 3.56. The summed E-state index contributed by atoms with van der Waals surface area (Å²) >= 11 is 0. The Kier molecular flexibility index (Phi) is 4.05. The van der Waals surface area contributed by atoms with Crippen LogP contribution in [-0.4, -0.2) is 15.4 Å². The SMILES string of the molecule is Cc1ccc(NC(=O)Cn2c(=O)oc3cc([N+](=O)[O-])ccc32)c(F)c1. The van der Waals surface area contributed by atoms with Crippen LogP contribution in [0.25, 0.3) is 11.1 Å². The molecule has 0 radical (unpaired) electrons. The summed E-state index contributed by atoms with van der Waals surface area (Å²) in [6.07, 6.45) is 0. The summed E-state index contributed by atoms with van der Waals surface area (Å²) in [4.78, 5) is 34.1. The van der Waals surface area contributed by atoms with Gasteiger partial charge in [-0.15, -0.1) is 0 Å². The van der Waals surface area contributed by atoms with E-state index in [0.29, 0.717) is 5.56 Å². The lowest BCUT2D eigenvalue weighted by Crippen LogP contribution is -2.25. The number of nitrogens with one attached hydrogen (secondary N) is 1. The van der Waals surface area contributed by atoms with Crippen molar-refractivity contribution in [3.63, 3.8) is 0 Å². The van der Waals surface area contributed by atoms with Gasteiger partial charge in [-0.3, -0.25) is 19.5 Å². The van der Waals surface area contributed by atoms with Crippen LogP contribution < -0.4 is 11.1 Å².